The highest BCUT2D eigenvalue weighted by Crippen LogP contribution is 2.40. The van der Waals surface area contributed by atoms with Crippen LogP contribution < -0.4 is 0 Å². The number of ether oxygens (including phenoxy) is 2. The molecule has 0 aliphatic carbocycles. The van der Waals surface area contributed by atoms with Crippen LogP contribution in [0.2, 0.25) is 0 Å². The molecule has 0 spiro atoms. The van der Waals surface area contributed by atoms with Crippen LogP contribution in [0.1, 0.15) is 23.6 Å². The largest absolute Gasteiger partial charge is 0.463 e. The molecule has 0 radical (unpaired) electrons. The standard InChI is InChI=1S/C25H24O3/c1-2-27-24(26)19-12-20-28-25(21-13-6-3-7-14-21,22-15-8-4-9-16-22)23-17-10-5-11-18-23/h3-19H,2,20H2,1H3/b19-12+. The predicted molar refractivity (Wildman–Crippen MR) is 111 cm³/mol. The molecular weight excluding hydrogens is 348 g/mol. The maximum atomic E-state index is 11.6. The number of rotatable bonds is 8. The number of benzene rings is 3. The molecule has 0 unspecified atom stereocenters. The van der Waals surface area contributed by atoms with E-state index in [0.717, 1.165) is 16.7 Å². The number of carbonyl (C=O) groups excluding carboxylic acids is 1. The zero-order chi connectivity index (χ0) is 19.7. The van der Waals surface area contributed by atoms with E-state index in [-0.39, 0.29) is 12.6 Å². The fourth-order valence-corrected chi connectivity index (χ4v) is 3.28. The van der Waals surface area contributed by atoms with Gasteiger partial charge in [0.25, 0.3) is 0 Å². The van der Waals surface area contributed by atoms with Crippen molar-refractivity contribution in [2.24, 2.45) is 0 Å². The maximum absolute atomic E-state index is 11.6. The van der Waals surface area contributed by atoms with Gasteiger partial charge in [-0.25, -0.2) is 4.79 Å². The average molecular weight is 372 g/mol. The molecule has 3 rings (SSSR count). The molecule has 3 aromatic rings. The van der Waals surface area contributed by atoms with Gasteiger partial charge in [0.1, 0.15) is 5.60 Å². The van der Waals surface area contributed by atoms with Crippen molar-refractivity contribution < 1.29 is 14.3 Å². The second-order valence-electron chi connectivity index (χ2n) is 6.24. The number of hydrogen-bond acceptors (Lipinski definition) is 3. The summed E-state index contributed by atoms with van der Waals surface area (Å²) < 4.78 is 11.5. The Labute approximate surface area is 166 Å². The Kier molecular flexibility index (Phi) is 6.77. The van der Waals surface area contributed by atoms with Crippen molar-refractivity contribution in [2.75, 3.05) is 13.2 Å². The molecule has 0 saturated heterocycles. The summed E-state index contributed by atoms with van der Waals surface area (Å²) in [6.07, 6.45) is 3.11. The van der Waals surface area contributed by atoms with E-state index in [9.17, 15) is 4.79 Å². The summed E-state index contributed by atoms with van der Waals surface area (Å²) in [5.41, 5.74) is 2.29. The van der Waals surface area contributed by atoms with Crippen molar-refractivity contribution in [3.05, 3.63) is 120 Å². The highest BCUT2D eigenvalue weighted by Gasteiger charge is 2.37. The van der Waals surface area contributed by atoms with Crippen LogP contribution in [0.5, 0.6) is 0 Å². The van der Waals surface area contributed by atoms with Crippen LogP contribution in [-0.4, -0.2) is 19.2 Å². The molecule has 142 valence electrons. The van der Waals surface area contributed by atoms with Crippen LogP contribution >= 0.6 is 0 Å². The lowest BCUT2D eigenvalue weighted by molar-refractivity contribution is -0.137. The van der Waals surface area contributed by atoms with Crippen LogP contribution in [0.25, 0.3) is 0 Å². The molecular formula is C25H24O3. The van der Waals surface area contributed by atoms with Gasteiger partial charge in [-0.05, 0) is 23.6 Å². The van der Waals surface area contributed by atoms with Crippen molar-refractivity contribution in [3.63, 3.8) is 0 Å². The average Bonchev–Trinajstić information content (AvgIpc) is 2.76. The van der Waals surface area contributed by atoms with Crippen molar-refractivity contribution >= 4 is 5.97 Å². The first kappa shape index (κ1) is 19.6. The number of carbonyl (C=O) groups is 1. The minimum atomic E-state index is -0.789. The minimum absolute atomic E-state index is 0.261. The van der Waals surface area contributed by atoms with Gasteiger partial charge in [0.2, 0.25) is 0 Å². The Balaban J connectivity index is 2.05. The van der Waals surface area contributed by atoms with Gasteiger partial charge in [-0.1, -0.05) is 97.1 Å². The molecule has 0 amide bonds. The highest BCUT2D eigenvalue weighted by molar-refractivity contribution is 5.81. The van der Waals surface area contributed by atoms with Crippen LogP contribution in [-0.2, 0) is 19.9 Å². The van der Waals surface area contributed by atoms with E-state index in [1.807, 2.05) is 54.6 Å². The summed E-state index contributed by atoms with van der Waals surface area (Å²) in [6.45, 7) is 2.40. The van der Waals surface area contributed by atoms with E-state index in [2.05, 4.69) is 36.4 Å². The summed E-state index contributed by atoms with van der Waals surface area (Å²) in [4.78, 5) is 11.6. The third kappa shape index (κ3) is 4.38. The number of hydrogen-bond donors (Lipinski definition) is 0. The zero-order valence-corrected chi connectivity index (χ0v) is 16.0. The first-order valence-corrected chi connectivity index (χ1v) is 9.41. The third-order valence-corrected chi connectivity index (χ3v) is 4.48. The second-order valence-corrected chi connectivity index (χ2v) is 6.24. The first-order valence-electron chi connectivity index (χ1n) is 9.41. The smallest absolute Gasteiger partial charge is 0.330 e. The summed E-state index contributed by atoms with van der Waals surface area (Å²) in [5.74, 6) is -0.365. The Bertz CT molecular complexity index is 790. The van der Waals surface area contributed by atoms with E-state index in [0.29, 0.717) is 6.61 Å². The Hall–Kier alpha value is -3.17. The van der Waals surface area contributed by atoms with Gasteiger partial charge in [-0.3, -0.25) is 0 Å². The molecule has 0 N–H and O–H groups in total. The van der Waals surface area contributed by atoms with Crippen molar-refractivity contribution in [2.45, 2.75) is 12.5 Å². The van der Waals surface area contributed by atoms with Crippen LogP contribution in [0.4, 0.5) is 0 Å². The molecule has 3 aromatic carbocycles. The maximum Gasteiger partial charge on any atom is 0.330 e. The van der Waals surface area contributed by atoms with Gasteiger partial charge in [-0.2, -0.15) is 0 Å². The van der Waals surface area contributed by atoms with Gasteiger partial charge < -0.3 is 9.47 Å². The van der Waals surface area contributed by atoms with Gasteiger partial charge in [0.05, 0.1) is 13.2 Å². The Morgan fingerprint density at radius 3 is 1.61 bits per heavy atom. The van der Waals surface area contributed by atoms with Gasteiger partial charge in [0.15, 0.2) is 0 Å². The van der Waals surface area contributed by atoms with Crippen LogP contribution in [0.15, 0.2) is 103 Å². The lowest BCUT2D eigenvalue weighted by Gasteiger charge is -2.35. The predicted octanol–water partition coefficient (Wildman–Crippen LogP) is 5.11. The van der Waals surface area contributed by atoms with E-state index in [1.54, 1.807) is 13.0 Å². The fourth-order valence-electron chi connectivity index (χ4n) is 3.28. The van der Waals surface area contributed by atoms with E-state index in [1.165, 1.54) is 6.08 Å². The van der Waals surface area contributed by atoms with Crippen molar-refractivity contribution in [1.82, 2.24) is 0 Å². The molecule has 3 nitrogen and oxygen atoms in total. The molecule has 0 aromatic heterocycles. The number of esters is 1. The van der Waals surface area contributed by atoms with Crippen LogP contribution in [0, 0.1) is 0 Å². The monoisotopic (exact) mass is 372 g/mol. The summed E-state index contributed by atoms with van der Waals surface area (Å²) in [7, 11) is 0. The molecule has 28 heavy (non-hydrogen) atoms. The minimum Gasteiger partial charge on any atom is -0.463 e. The van der Waals surface area contributed by atoms with Crippen LogP contribution in [0.3, 0.4) is 0 Å². The molecule has 0 heterocycles. The summed E-state index contributed by atoms with van der Waals surface area (Å²) >= 11 is 0. The van der Waals surface area contributed by atoms with Gasteiger partial charge in [-0.15, -0.1) is 0 Å². The first-order chi connectivity index (χ1) is 13.8. The highest BCUT2D eigenvalue weighted by atomic mass is 16.5. The third-order valence-electron chi connectivity index (χ3n) is 4.48. The molecule has 0 atom stereocenters. The normalized spacial score (nSPS) is 11.5. The van der Waals surface area contributed by atoms with E-state index >= 15 is 0 Å². The Morgan fingerprint density at radius 1 is 0.786 bits per heavy atom. The SMILES string of the molecule is CCOC(=O)/C=C/COC(c1ccccc1)(c1ccccc1)c1ccccc1. The quantitative estimate of drug-likeness (QED) is 0.313. The van der Waals surface area contributed by atoms with Gasteiger partial charge in [0, 0.05) is 6.08 Å². The van der Waals surface area contributed by atoms with E-state index in [4.69, 9.17) is 9.47 Å². The van der Waals surface area contributed by atoms with Gasteiger partial charge >= 0.3 is 5.97 Å². The van der Waals surface area contributed by atoms with E-state index < -0.39 is 5.60 Å². The zero-order valence-electron chi connectivity index (χ0n) is 16.0. The molecule has 0 saturated carbocycles. The lowest BCUT2D eigenvalue weighted by atomic mass is 9.80. The molecule has 0 fully saturated rings. The fraction of sp³-hybridized carbons (Fsp3) is 0.160. The van der Waals surface area contributed by atoms with Crippen molar-refractivity contribution in [3.8, 4) is 0 Å². The lowest BCUT2D eigenvalue weighted by Crippen LogP contribution is -2.33. The second kappa shape index (κ2) is 9.67. The molecule has 0 aliphatic rings. The molecule has 3 heteroatoms. The van der Waals surface area contributed by atoms with Crippen molar-refractivity contribution in [1.29, 1.82) is 0 Å². The molecule has 0 aliphatic heterocycles. The summed E-state index contributed by atoms with van der Waals surface area (Å²) in [6, 6.07) is 30.4. The summed E-state index contributed by atoms with van der Waals surface area (Å²) in [5, 5.41) is 0. The topological polar surface area (TPSA) is 35.5 Å². The molecule has 0 bridgehead atoms. The Morgan fingerprint density at radius 2 is 1.21 bits per heavy atom.